The molecule has 0 spiro atoms. The van der Waals surface area contributed by atoms with Gasteiger partial charge < -0.3 is 19.9 Å². The number of carbonyl (C=O) groups is 2. The number of hydrogen-bond acceptors (Lipinski definition) is 4. The van der Waals surface area contributed by atoms with E-state index in [9.17, 15) is 9.59 Å². The fourth-order valence-corrected chi connectivity index (χ4v) is 3.08. The fourth-order valence-electron chi connectivity index (χ4n) is 3.08. The molecule has 118 valence electrons. The highest BCUT2D eigenvalue weighted by Gasteiger charge is 2.65. The minimum atomic E-state index is -0.920. The van der Waals surface area contributed by atoms with Crippen LogP contribution in [0.15, 0.2) is 24.3 Å². The van der Waals surface area contributed by atoms with Gasteiger partial charge in [0.1, 0.15) is 12.7 Å². The number of fused-ring (bicyclic) bond motifs is 1. The van der Waals surface area contributed by atoms with Crippen LogP contribution in [0.1, 0.15) is 13.8 Å². The van der Waals surface area contributed by atoms with Gasteiger partial charge in [0.05, 0.1) is 18.4 Å². The topological polar surface area (TPSA) is 84.9 Å². The van der Waals surface area contributed by atoms with Gasteiger partial charge in [-0.2, -0.15) is 0 Å². The van der Waals surface area contributed by atoms with Gasteiger partial charge in [0.25, 0.3) is 0 Å². The number of ether oxygens (including phenoxy) is 2. The second-order valence-electron chi connectivity index (χ2n) is 6.36. The van der Waals surface area contributed by atoms with Crippen molar-refractivity contribution >= 4 is 11.9 Å². The van der Waals surface area contributed by atoms with Crippen molar-refractivity contribution in [2.45, 2.75) is 20.0 Å². The van der Waals surface area contributed by atoms with Crippen molar-refractivity contribution in [2.24, 2.45) is 17.3 Å². The molecule has 1 aliphatic carbocycles. The number of carboxylic acids is 1. The van der Waals surface area contributed by atoms with Crippen LogP contribution in [0.2, 0.25) is 0 Å². The SMILES string of the molecule is CC1(C)[C@H](C(=O)O)[C@H]1C(=O)NC[C@@H]1COc2ccccc2O1. The number of amides is 1. The van der Waals surface area contributed by atoms with E-state index in [1.807, 2.05) is 24.3 Å². The molecule has 3 atom stereocenters. The molecule has 0 aromatic heterocycles. The van der Waals surface area contributed by atoms with Gasteiger partial charge in [-0.25, -0.2) is 0 Å². The number of benzene rings is 1. The Morgan fingerprint density at radius 2 is 1.95 bits per heavy atom. The van der Waals surface area contributed by atoms with Crippen LogP contribution in [-0.2, 0) is 9.59 Å². The van der Waals surface area contributed by atoms with Crippen LogP contribution in [0.4, 0.5) is 0 Å². The molecule has 0 bridgehead atoms. The molecule has 1 fully saturated rings. The van der Waals surface area contributed by atoms with Crippen LogP contribution in [-0.4, -0.2) is 36.2 Å². The summed E-state index contributed by atoms with van der Waals surface area (Å²) in [5.74, 6) is -0.905. The zero-order valence-electron chi connectivity index (χ0n) is 12.5. The van der Waals surface area contributed by atoms with Gasteiger partial charge in [-0.05, 0) is 17.5 Å². The van der Waals surface area contributed by atoms with Gasteiger partial charge in [-0.3, -0.25) is 9.59 Å². The second-order valence-corrected chi connectivity index (χ2v) is 6.36. The molecule has 22 heavy (non-hydrogen) atoms. The van der Waals surface area contributed by atoms with Crippen molar-refractivity contribution in [3.05, 3.63) is 24.3 Å². The van der Waals surface area contributed by atoms with Gasteiger partial charge >= 0.3 is 5.97 Å². The molecular weight excluding hydrogens is 286 g/mol. The summed E-state index contributed by atoms with van der Waals surface area (Å²) >= 11 is 0. The lowest BCUT2D eigenvalue weighted by molar-refractivity contribution is -0.140. The summed E-state index contributed by atoms with van der Waals surface area (Å²) in [7, 11) is 0. The summed E-state index contributed by atoms with van der Waals surface area (Å²) in [6.07, 6.45) is -0.274. The smallest absolute Gasteiger partial charge is 0.307 e. The number of para-hydroxylation sites is 2. The van der Waals surface area contributed by atoms with Crippen molar-refractivity contribution in [1.82, 2.24) is 5.32 Å². The molecule has 0 unspecified atom stereocenters. The Morgan fingerprint density at radius 1 is 1.27 bits per heavy atom. The highest BCUT2D eigenvalue weighted by Crippen LogP contribution is 2.58. The molecule has 2 aliphatic rings. The number of carboxylic acid groups (broad SMARTS) is 1. The molecule has 2 N–H and O–H groups in total. The molecular formula is C16H19NO5. The summed E-state index contributed by atoms with van der Waals surface area (Å²) in [6.45, 7) is 4.25. The lowest BCUT2D eigenvalue weighted by atomic mass is 10.1. The largest absolute Gasteiger partial charge is 0.486 e. The molecule has 1 amide bonds. The predicted molar refractivity (Wildman–Crippen MR) is 77.8 cm³/mol. The summed E-state index contributed by atoms with van der Waals surface area (Å²) in [5.41, 5.74) is -0.494. The number of nitrogens with one attached hydrogen (secondary N) is 1. The Balaban J connectivity index is 1.54. The third-order valence-electron chi connectivity index (χ3n) is 4.45. The Kier molecular flexibility index (Phi) is 3.47. The van der Waals surface area contributed by atoms with Crippen LogP contribution >= 0.6 is 0 Å². The van der Waals surface area contributed by atoms with E-state index in [0.29, 0.717) is 24.7 Å². The normalized spacial score (nSPS) is 27.8. The van der Waals surface area contributed by atoms with Crippen LogP contribution in [0.3, 0.4) is 0 Å². The van der Waals surface area contributed by atoms with Crippen molar-refractivity contribution in [3.8, 4) is 11.5 Å². The minimum Gasteiger partial charge on any atom is -0.486 e. The molecule has 6 heteroatoms. The quantitative estimate of drug-likeness (QED) is 0.876. The van der Waals surface area contributed by atoms with Crippen molar-refractivity contribution in [3.63, 3.8) is 0 Å². The standard InChI is InChI=1S/C16H19NO5/c1-16(2)12(13(16)15(19)20)14(18)17-7-9-8-21-10-5-3-4-6-11(10)22-9/h3-6,9,12-13H,7-8H2,1-2H3,(H,17,18)(H,19,20)/t9-,12+,13+/m1/s1. The van der Waals surface area contributed by atoms with Gasteiger partial charge in [-0.15, -0.1) is 0 Å². The van der Waals surface area contributed by atoms with Crippen molar-refractivity contribution in [1.29, 1.82) is 0 Å². The molecule has 1 saturated carbocycles. The van der Waals surface area contributed by atoms with E-state index in [1.54, 1.807) is 13.8 Å². The van der Waals surface area contributed by atoms with Crippen LogP contribution < -0.4 is 14.8 Å². The predicted octanol–water partition coefficient (Wildman–Crippen LogP) is 1.30. The van der Waals surface area contributed by atoms with E-state index in [2.05, 4.69) is 5.32 Å². The van der Waals surface area contributed by atoms with E-state index in [-0.39, 0.29) is 12.0 Å². The molecule has 3 rings (SSSR count). The van der Waals surface area contributed by atoms with Crippen LogP contribution in [0, 0.1) is 17.3 Å². The highest BCUT2D eigenvalue weighted by molar-refractivity contribution is 5.91. The molecule has 1 aromatic rings. The van der Waals surface area contributed by atoms with Crippen LogP contribution in [0.5, 0.6) is 11.5 Å². The summed E-state index contributed by atoms with van der Waals surface area (Å²) in [4.78, 5) is 23.3. The maximum absolute atomic E-state index is 12.2. The molecule has 6 nitrogen and oxygen atoms in total. The first-order valence-electron chi connectivity index (χ1n) is 7.30. The number of carbonyl (C=O) groups excluding carboxylic acids is 1. The monoisotopic (exact) mass is 305 g/mol. The fraction of sp³-hybridized carbons (Fsp3) is 0.500. The van der Waals surface area contributed by atoms with Gasteiger partial charge in [-0.1, -0.05) is 26.0 Å². The van der Waals surface area contributed by atoms with Crippen LogP contribution in [0.25, 0.3) is 0 Å². The molecule has 0 saturated heterocycles. The maximum Gasteiger partial charge on any atom is 0.307 e. The molecule has 1 heterocycles. The first-order valence-corrected chi connectivity index (χ1v) is 7.30. The lowest BCUT2D eigenvalue weighted by Gasteiger charge is -2.26. The van der Waals surface area contributed by atoms with E-state index in [0.717, 1.165) is 0 Å². The van der Waals surface area contributed by atoms with E-state index >= 15 is 0 Å². The van der Waals surface area contributed by atoms with E-state index in [4.69, 9.17) is 14.6 Å². The minimum absolute atomic E-state index is 0.236. The van der Waals surface area contributed by atoms with Crippen molar-refractivity contribution in [2.75, 3.05) is 13.2 Å². The Labute approximate surface area is 128 Å². The zero-order valence-corrected chi connectivity index (χ0v) is 12.5. The molecule has 1 aliphatic heterocycles. The highest BCUT2D eigenvalue weighted by atomic mass is 16.6. The Morgan fingerprint density at radius 3 is 2.59 bits per heavy atom. The zero-order chi connectivity index (χ0) is 15.9. The second kappa shape index (κ2) is 5.19. The lowest BCUT2D eigenvalue weighted by Crippen LogP contribution is -2.41. The Hall–Kier alpha value is -2.24. The number of hydrogen-bond donors (Lipinski definition) is 2. The van der Waals surface area contributed by atoms with Gasteiger partial charge in [0.15, 0.2) is 11.5 Å². The van der Waals surface area contributed by atoms with Crippen molar-refractivity contribution < 1.29 is 24.2 Å². The van der Waals surface area contributed by atoms with Gasteiger partial charge in [0.2, 0.25) is 5.91 Å². The summed E-state index contributed by atoms with van der Waals surface area (Å²) < 4.78 is 11.3. The summed E-state index contributed by atoms with van der Waals surface area (Å²) in [5, 5.41) is 11.9. The number of aliphatic carboxylic acids is 1. The average molecular weight is 305 g/mol. The number of rotatable bonds is 4. The van der Waals surface area contributed by atoms with Gasteiger partial charge in [0, 0.05) is 0 Å². The third kappa shape index (κ3) is 2.49. The average Bonchev–Trinajstić information content (AvgIpc) is 3.07. The maximum atomic E-state index is 12.2. The molecule has 0 radical (unpaired) electrons. The molecule has 1 aromatic carbocycles. The third-order valence-corrected chi connectivity index (χ3v) is 4.45. The Bertz CT molecular complexity index is 612. The first-order chi connectivity index (χ1) is 10.4. The summed E-state index contributed by atoms with van der Waals surface area (Å²) in [6, 6.07) is 7.36. The van der Waals surface area contributed by atoms with E-state index in [1.165, 1.54) is 0 Å². The van der Waals surface area contributed by atoms with E-state index < -0.39 is 23.2 Å². The first kappa shape index (κ1) is 14.7.